The van der Waals surface area contributed by atoms with Gasteiger partial charge in [-0.15, -0.1) is 11.3 Å². The Morgan fingerprint density at radius 2 is 2.06 bits per heavy atom. The van der Waals surface area contributed by atoms with Gasteiger partial charge in [-0.05, 0) is 6.92 Å². The van der Waals surface area contributed by atoms with Gasteiger partial charge in [0.1, 0.15) is 5.82 Å². The van der Waals surface area contributed by atoms with E-state index >= 15 is 0 Å². The molecule has 2 aromatic rings. The molecule has 0 aromatic carbocycles. The molecule has 0 saturated carbocycles. The number of nitrogens with zero attached hydrogens (tertiary/aromatic N) is 3. The van der Waals surface area contributed by atoms with Crippen molar-refractivity contribution in [1.82, 2.24) is 14.3 Å². The predicted octanol–water partition coefficient (Wildman–Crippen LogP) is 3.85. The van der Waals surface area contributed by atoms with Crippen molar-refractivity contribution in [2.24, 2.45) is 0 Å². The lowest BCUT2D eigenvalue weighted by Crippen LogP contribution is -2.07. The standard InChI is InChI=1S/C12H18N4S2/c1-5-10-15-12(18-16-10)13-8(4)9-6-17-11(14-9)7(2)3/h6-8H,5H2,1-4H3,(H,13,15,16). The Kier molecular flexibility index (Phi) is 4.29. The Morgan fingerprint density at radius 3 is 2.61 bits per heavy atom. The normalized spacial score (nSPS) is 12.9. The number of thiazole rings is 1. The monoisotopic (exact) mass is 282 g/mol. The minimum Gasteiger partial charge on any atom is -0.352 e. The molecule has 0 saturated heterocycles. The van der Waals surface area contributed by atoms with Gasteiger partial charge in [-0.1, -0.05) is 20.8 Å². The van der Waals surface area contributed by atoms with Crippen molar-refractivity contribution in [3.05, 3.63) is 21.9 Å². The summed E-state index contributed by atoms with van der Waals surface area (Å²) in [5.74, 6) is 1.39. The molecule has 0 aliphatic rings. The molecule has 98 valence electrons. The van der Waals surface area contributed by atoms with Crippen molar-refractivity contribution in [3.8, 4) is 0 Å². The zero-order valence-electron chi connectivity index (χ0n) is 11.1. The summed E-state index contributed by atoms with van der Waals surface area (Å²) in [6, 6.07) is 0.173. The second-order valence-corrected chi connectivity index (χ2v) is 6.14. The highest BCUT2D eigenvalue weighted by atomic mass is 32.1. The highest BCUT2D eigenvalue weighted by Gasteiger charge is 2.13. The van der Waals surface area contributed by atoms with E-state index in [1.807, 2.05) is 0 Å². The number of aromatic nitrogens is 3. The van der Waals surface area contributed by atoms with Crippen molar-refractivity contribution in [2.75, 3.05) is 5.32 Å². The molecule has 0 aliphatic heterocycles. The van der Waals surface area contributed by atoms with Crippen molar-refractivity contribution >= 4 is 28.0 Å². The van der Waals surface area contributed by atoms with Gasteiger partial charge in [0.2, 0.25) is 5.13 Å². The lowest BCUT2D eigenvalue weighted by molar-refractivity contribution is 0.800. The minimum atomic E-state index is 0.173. The summed E-state index contributed by atoms with van der Waals surface area (Å²) in [7, 11) is 0. The molecule has 2 rings (SSSR count). The first-order chi connectivity index (χ1) is 8.60. The minimum absolute atomic E-state index is 0.173. The zero-order valence-corrected chi connectivity index (χ0v) is 12.7. The molecule has 1 atom stereocenters. The maximum Gasteiger partial charge on any atom is 0.203 e. The molecule has 6 heteroatoms. The third-order valence-corrected chi connectivity index (χ3v) is 4.45. The Balaban J connectivity index is 2.04. The summed E-state index contributed by atoms with van der Waals surface area (Å²) in [5, 5.41) is 7.53. The Labute approximate surface area is 116 Å². The molecule has 18 heavy (non-hydrogen) atoms. The summed E-state index contributed by atoms with van der Waals surface area (Å²) in [5.41, 5.74) is 1.08. The van der Waals surface area contributed by atoms with Crippen LogP contribution in [0.15, 0.2) is 5.38 Å². The molecule has 2 heterocycles. The quantitative estimate of drug-likeness (QED) is 0.905. The number of rotatable bonds is 5. The Bertz CT molecular complexity index is 504. The zero-order chi connectivity index (χ0) is 13.1. The second kappa shape index (κ2) is 5.75. The van der Waals surface area contributed by atoms with Gasteiger partial charge in [-0.3, -0.25) is 0 Å². The van der Waals surface area contributed by atoms with Crippen LogP contribution in [0.5, 0.6) is 0 Å². The van der Waals surface area contributed by atoms with E-state index < -0.39 is 0 Å². The smallest absolute Gasteiger partial charge is 0.203 e. The fourth-order valence-corrected chi connectivity index (χ4v) is 3.15. The van der Waals surface area contributed by atoms with Crippen LogP contribution in [0.1, 0.15) is 56.2 Å². The average molecular weight is 282 g/mol. The van der Waals surface area contributed by atoms with E-state index in [1.165, 1.54) is 16.5 Å². The molecular formula is C12H18N4S2. The highest BCUT2D eigenvalue weighted by molar-refractivity contribution is 7.10. The maximum atomic E-state index is 4.65. The fourth-order valence-electron chi connectivity index (χ4n) is 1.48. The molecule has 2 aromatic heterocycles. The summed E-state index contributed by atoms with van der Waals surface area (Å²) >= 11 is 3.14. The molecule has 0 amide bonds. The number of hydrogen-bond acceptors (Lipinski definition) is 6. The first kappa shape index (κ1) is 13.4. The van der Waals surface area contributed by atoms with Crippen LogP contribution in [0.2, 0.25) is 0 Å². The van der Waals surface area contributed by atoms with Crippen LogP contribution in [-0.4, -0.2) is 14.3 Å². The van der Waals surface area contributed by atoms with Crippen LogP contribution in [0, 0.1) is 0 Å². The summed E-state index contributed by atoms with van der Waals surface area (Å²) in [6.45, 7) is 8.49. The second-order valence-electron chi connectivity index (χ2n) is 4.50. The molecular weight excluding hydrogens is 264 g/mol. The van der Waals surface area contributed by atoms with Crippen molar-refractivity contribution < 1.29 is 0 Å². The van der Waals surface area contributed by atoms with Gasteiger partial charge in [0.15, 0.2) is 0 Å². The van der Waals surface area contributed by atoms with Gasteiger partial charge >= 0.3 is 0 Å². The van der Waals surface area contributed by atoms with Crippen LogP contribution in [0.3, 0.4) is 0 Å². The molecule has 0 spiro atoms. The Hall–Kier alpha value is -1.01. The molecule has 0 bridgehead atoms. The van der Waals surface area contributed by atoms with Crippen LogP contribution < -0.4 is 5.32 Å². The van der Waals surface area contributed by atoms with E-state index in [4.69, 9.17) is 0 Å². The van der Waals surface area contributed by atoms with E-state index in [0.29, 0.717) is 5.92 Å². The topological polar surface area (TPSA) is 50.7 Å². The average Bonchev–Trinajstić information content (AvgIpc) is 2.97. The van der Waals surface area contributed by atoms with Crippen LogP contribution in [-0.2, 0) is 6.42 Å². The van der Waals surface area contributed by atoms with E-state index in [9.17, 15) is 0 Å². The lowest BCUT2D eigenvalue weighted by Gasteiger charge is -2.09. The third-order valence-electron chi connectivity index (χ3n) is 2.60. The predicted molar refractivity (Wildman–Crippen MR) is 77.5 cm³/mol. The number of anilines is 1. The summed E-state index contributed by atoms with van der Waals surface area (Å²) < 4.78 is 4.27. The molecule has 1 unspecified atom stereocenters. The lowest BCUT2D eigenvalue weighted by atomic mass is 10.2. The van der Waals surface area contributed by atoms with Gasteiger partial charge in [0.05, 0.1) is 16.7 Å². The van der Waals surface area contributed by atoms with E-state index in [2.05, 4.69) is 52.7 Å². The van der Waals surface area contributed by atoms with Gasteiger partial charge < -0.3 is 5.32 Å². The number of hydrogen-bond donors (Lipinski definition) is 1. The van der Waals surface area contributed by atoms with Crippen LogP contribution >= 0.6 is 22.9 Å². The van der Waals surface area contributed by atoms with Crippen molar-refractivity contribution in [3.63, 3.8) is 0 Å². The van der Waals surface area contributed by atoms with Crippen LogP contribution in [0.4, 0.5) is 5.13 Å². The summed E-state index contributed by atoms with van der Waals surface area (Å²) in [6.07, 6.45) is 0.876. The fraction of sp³-hybridized carbons (Fsp3) is 0.583. The van der Waals surface area contributed by atoms with Gasteiger partial charge in [0, 0.05) is 29.3 Å². The third kappa shape index (κ3) is 3.05. The number of aryl methyl sites for hydroxylation is 1. The van der Waals surface area contributed by atoms with Gasteiger partial charge in [-0.25, -0.2) is 9.97 Å². The van der Waals surface area contributed by atoms with Crippen LogP contribution in [0.25, 0.3) is 0 Å². The van der Waals surface area contributed by atoms with Gasteiger partial charge in [0.25, 0.3) is 0 Å². The Morgan fingerprint density at radius 1 is 1.28 bits per heavy atom. The van der Waals surface area contributed by atoms with Gasteiger partial charge in [-0.2, -0.15) is 4.37 Å². The SMILES string of the molecule is CCc1nsc(NC(C)c2csc(C(C)C)n2)n1. The molecule has 4 nitrogen and oxygen atoms in total. The largest absolute Gasteiger partial charge is 0.352 e. The number of nitrogens with one attached hydrogen (secondary N) is 1. The molecule has 0 fully saturated rings. The highest BCUT2D eigenvalue weighted by Crippen LogP contribution is 2.25. The van der Waals surface area contributed by atoms with E-state index in [0.717, 1.165) is 23.1 Å². The molecule has 0 radical (unpaired) electrons. The first-order valence-corrected chi connectivity index (χ1v) is 7.80. The van der Waals surface area contributed by atoms with Crippen molar-refractivity contribution in [2.45, 2.75) is 46.1 Å². The molecule has 0 aliphatic carbocycles. The van der Waals surface area contributed by atoms with Crippen molar-refractivity contribution in [1.29, 1.82) is 0 Å². The molecule has 1 N–H and O–H groups in total. The summed E-state index contributed by atoms with van der Waals surface area (Å²) in [4.78, 5) is 9.05. The maximum absolute atomic E-state index is 4.65. The van der Waals surface area contributed by atoms with E-state index in [-0.39, 0.29) is 6.04 Å². The van der Waals surface area contributed by atoms with E-state index in [1.54, 1.807) is 11.3 Å². The first-order valence-electron chi connectivity index (χ1n) is 6.14.